The van der Waals surface area contributed by atoms with Crippen molar-refractivity contribution in [3.63, 3.8) is 0 Å². The van der Waals surface area contributed by atoms with E-state index in [-0.39, 0.29) is 6.10 Å². The van der Waals surface area contributed by atoms with Gasteiger partial charge in [0.05, 0.1) is 6.10 Å². The quantitative estimate of drug-likeness (QED) is 0.611. The van der Waals surface area contributed by atoms with Crippen LogP contribution in [-0.2, 0) is 13.3 Å². The van der Waals surface area contributed by atoms with Gasteiger partial charge in [-0.1, -0.05) is 37.3 Å². The Morgan fingerprint density at radius 2 is 1.76 bits per heavy atom. The maximum atomic E-state index is 6.04. The average molecular weight is 272 g/mol. The van der Waals surface area contributed by atoms with E-state index >= 15 is 0 Å². The molecule has 0 bridgehead atoms. The molecule has 0 aliphatic rings. The normalized spacial score (nSPS) is 13.6. The summed E-state index contributed by atoms with van der Waals surface area (Å²) in [6.07, 6.45) is -0.0916. The van der Waals surface area contributed by atoms with E-state index < -0.39 is 8.80 Å². The Balaban J connectivity index is 2.82. The Bertz CT molecular complexity index is 309. The molecule has 0 N–H and O–H groups in total. The summed E-state index contributed by atoms with van der Waals surface area (Å²) in [4.78, 5) is 0. The summed E-state index contributed by atoms with van der Waals surface area (Å²) in [5.41, 5.74) is 1.10. The van der Waals surface area contributed by atoms with E-state index in [1.807, 2.05) is 37.3 Å². The summed E-state index contributed by atoms with van der Waals surface area (Å²) in [7, 11) is 0.744. The smallest absolute Gasteiger partial charge is 0.377 e. The molecular weight excluding hydrogens is 252 g/mol. The predicted molar refractivity (Wildman–Crippen MR) is 74.4 cm³/mol. The summed E-state index contributed by atoms with van der Waals surface area (Å²) in [6.45, 7) is 2.01. The monoisotopic (exact) mass is 272 g/mol. The molecule has 3 nitrogen and oxygen atoms in total. The molecule has 1 aromatic rings. The van der Waals surface area contributed by atoms with Crippen molar-refractivity contribution in [2.24, 2.45) is 0 Å². The summed E-state index contributed by atoms with van der Waals surface area (Å²) >= 11 is 4.34. The Labute approximate surface area is 110 Å². The van der Waals surface area contributed by atoms with Crippen LogP contribution in [0.15, 0.2) is 30.3 Å². The molecule has 1 unspecified atom stereocenters. The second-order valence-corrected chi connectivity index (χ2v) is 7.14. The van der Waals surface area contributed by atoms with Crippen LogP contribution in [0.3, 0.4) is 0 Å². The summed E-state index contributed by atoms with van der Waals surface area (Å²) in [6, 6.07) is 10.8. The number of hydrogen-bond acceptors (Lipinski definition) is 4. The molecule has 17 heavy (non-hydrogen) atoms. The zero-order valence-corrected chi connectivity index (χ0v) is 12.4. The fourth-order valence-electron chi connectivity index (χ4n) is 1.65. The molecule has 0 saturated carbocycles. The van der Waals surface area contributed by atoms with Crippen LogP contribution in [0.1, 0.15) is 18.6 Å². The van der Waals surface area contributed by atoms with Crippen molar-refractivity contribution in [1.82, 2.24) is 0 Å². The van der Waals surface area contributed by atoms with Gasteiger partial charge in [0.25, 0.3) is 0 Å². The largest absolute Gasteiger partial charge is 0.500 e. The number of hydrogen-bond donors (Lipinski definition) is 1. The van der Waals surface area contributed by atoms with Crippen molar-refractivity contribution in [3.05, 3.63) is 35.9 Å². The molecule has 0 aliphatic carbocycles. The van der Waals surface area contributed by atoms with Crippen LogP contribution in [0.5, 0.6) is 0 Å². The van der Waals surface area contributed by atoms with Crippen LogP contribution in [0.4, 0.5) is 0 Å². The van der Waals surface area contributed by atoms with E-state index in [1.165, 1.54) is 0 Å². The first-order valence-corrected chi connectivity index (χ1v) is 8.21. The van der Waals surface area contributed by atoms with E-state index in [4.69, 9.17) is 13.3 Å². The predicted octanol–water partition coefficient (Wildman–Crippen LogP) is 2.93. The molecular formula is C12H20O3SSi. The molecule has 0 heterocycles. The lowest BCUT2D eigenvalue weighted by atomic mass is 10.1. The van der Waals surface area contributed by atoms with Gasteiger partial charge in [0.1, 0.15) is 0 Å². The Morgan fingerprint density at radius 3 is 2.18 bits per heavy atom. The molecule has 0 aliphatic heterocycles. The van der Waals surface area contributed by atoms with Gasteiger partial charge in [0, 0.05) is 26.0 Å². The van der Waals surface area contributed by atoms with E-state index in [0.29, 0.717) is 5.75 Å². The second kappa shape index (κ2) is 7.18. The topological polar surface area (TPSA) is 27.7 Å². The zero-order chi connectivity index (χ0) is 12.7. The van der Waals surface area contributed by atoms with Gasteiger partial charge in [0.2, 0.25) is 0 Å². The van der Waals surface area contributed by atoms with Crippen molar-refractivity contribution in [1.29, 1.82) is 0 Å². The Morgan fingerprint density at radius 1 is 1.18 bits per heavy atom. The minimum absolute atomic E-state index is 0.0916. The van der Waals surface area contributed by atoms with Crippen molar-refractivity contribution >= 4 is 21.4 Å². The molecule has 1 atom stereocenters. The van der Waals surface area contributed by atoms with Crippen molar-refractivity contribution in [3.8, 4) is 0 Å². The van der Waals surface area contributed by atoms with Crippen LogP contribution in [-0.4, -0.2) is 28.8 Å². The molecule has 1 rings (SSSR count). The van der Waals surface area contributed by atoms with Crippen LogP contribution in [0.2, 0.25) is 6.04 Å². The standard InChI is InChI=1S/C12H20O3SSi/c1-4-17(13-2,14-3)15-12(10-16)11-8-6-5-7-9-11/h5-9,12,16H,4,10H2,1-3H3. The molecule has 0 aromatic heterocycles. The lowest BCUT2D eigenvalue weighted by Gasteiger charge is -2.29. The van der Waals surface area contributed by atoms with Gasteiger partial charge < -0.3 is 13.3 Å². The zero-order valence-electron chi connectivity index (χ0n) is 10.6. The fourth-order valence-corrected chi connectivity index (χ4v) is 3.83. The molecule has 96 valence electrons. The van der Waals surface area contributed by atoms with Crippen molar-refractivity contribution in [2.45, 2.75) is 19.1 Å². The third-order valence-electron chi connectivity index (χ3n) is 2.71. The van der Waals surface area contributed by atoms with Crippen LogP contribution < -0.4 is 0 Å². The first-order chi connectivity index (χ1) is 8.21. The third kappa shape index (κ3) is 3.82. The first kappa shape index (κ1) is 14.7. The molecule has 1 aromatic carbocycles. The lowest BCUT2D eigenvalue weighted by Crippen LogP contribution is -2.44. The highest BCUT2D eigenvalue weighted by Crippen LogP contribution is 2.26. The van der Waals surface area contributed by atoms with Gasteiger partial charge in [-0.25, -0.2) is 0 Å². The fraction of sp³-hybridized carbons (Fsp3) is 0.500. The minimum Gasteiger partial charge on any atom is -0.377 e. The summed E-state index contributed by atoms with van der Waals surface area (Å²) in [5.74, 6) is 0.603. The Kier molecular flexibility index (Phi) is 6.22. The number of rotatable bonds is 7. The summed E-state index contributed by atoms with van der Waals surface area (Å²) < 4.78 is 16.9. The average Bonchev–Trinajstić information content (AvgIpc) is 2.42. The van der Waals surface area contributed by atoms with Crippen LogP contribution in [0, 0.1) is 0 Å². The lowest BCUT2D eigenvalue weighted by molar-refractivity contribution is 0.0654. The SMILES string of the molecule is CC[Si](OC)(OC)OC(CS)c1ccccc1. The number of thiol groups is 1. The molecule has 0 radical (unpaired) electrons. The van der Waals surface area contributed by atoms with E-state index in [1.54, 1.807) is 14.2 Å². The third-order valence-corrected chi connectivity index (χ3v) is 5.80. The highest BCUT2D eigenvalue weighted by Gasteiger charge is 2.39. The molecule has 0 spiro atoms. The van der Waals surface area contributed by atoms with Gasteiger partial charge in [-0.2, -0.15) is 12.6 Å². The van der Waals surface area contributed by atoms with Gasteiger partial charge in [-0.05, 0) is 5.56 Å². The van der Waals surface area contributed by atoms with E-state index in [9.17, 15) is 0 Å². The molecule has 0 amide bonds. The Hall–Kier alpha value is -0.333. The number of benzene rings is 1. The van der Waals surface area contributed by atoms with Crippen molar-refractivity contribution < 1.29 is 13.3 Å². The van der Waals surface area contributed by atoms with E-state index in [2.05, 4.69) is 12.6 Å². The second-order valence-electron chi connectivity index (χ2n) is 3.64. The van der Waals surface area contributed by atoms with Crippen LogP contribution in [0.25, 0.3) is 0 Å². The highest BCUT2D eigenvalue weighted by molar-refractivity contribution is 7.80. The highest BCUT2D eigenvalue weighted by atomic mass is 32.1. The maximum Gasteiger partial charge on any atom is 0.500 e. The first-order valence-electron chi connectivity index (χ1n) is 5.65. The maximum absolute atomic E-state index is 6.04. The van der Waals surface area contributed by atoms with Gasteiger partial charge >= 0.3 is 8.80 Å². The van der Waals surface area contributed by atoms with Crippen LogP contribution >= 0.6 is 12.6 Å². The minimum atomic E-state index is -2.53. The molecule has 5 heteroatoms. The summed E-state index contributed by atoms with van der Waals surface area (Å²) in [5, 5.41) is 0. The van der Waals surface area contributed by atoms with E-state index in [0.717, 1.165) is 11.6 Å². The van der Waals surface area contributed by atoms with Gasteiger partial charge in [0.15, 0.2) is 0 Å². The van der Waals surface area contributed by atoms with Gasteiger partial charge in [-0.15, -0.1) is 0 Å². The molecule has 0 fully saturated rings. The van der Waals surface area contributed by atoms with Gasteiger partial charge in [-0.3, -0.25) is 0 Å². The van der Waals surface area contributed by atoms with Crippen molar-refractivity contribution in [2.75, 3.05) is 20.0 Å². The molecule has 0 saturated heterocycles.